The van der Waals surface area contributed by atoms with Crippen LogP contribution in [0.15, 0.2) is 24.3 Å². The number of carbonyl (C=O) groups is 1. The van der Waals surface area contributed by atoms with Gasteiger partial charge in [-0.15, -0.1) is 0 Å². The number of carbonyl (C=O) groups excluding carboxylic acids is 1. The van der Waals surface area contributed by atoms with Crippen LogP contribution in [0.1, 0.15) is 22.3 Å². The lowest BCUT2D eigenvalue weighted by atomic mass is 10.1. The number of hydrogen-bond donors (Lipinski definition) is 0. The van der Waals surface area contributed by atoms with E-state index in [0.29, 0.717) is 24.3 Å². The Labute approximate surface area is 87.6 Å². The molecule has 2 rings (SSSR count). The van der Waals surface area contributed by atoms with Gasteiger partial charge in [-0.25, -0.2) is 5.06 Å². The Kier molecular flexibility index (Phi) is 2.66. The Morgan fingerprint density at radius 1 is 1.53 bits per heavy atom. The molecule has 76 valence electrons. The van der Waals surface area contributed by atoms with Gasteiger partial charge in [0.1, 0.15) is 0 Å². The number of rotatable bonds is 1. The topological polar surface area (TPSA) is 53.3 Å². The molecule has 1 aromatic carbocycles. The van der Waals surface area contributed by atoms with Crippen molar-refractivity contribution >= 4 is 5.91 Å². The molecular weight excluding hydrogens is 192 g/mol. The maximum Gasteiger partial charge on any atom is 0.277 e. The summed E-state index contributed by atoms with van der Waals surface area (Å²) in [6, 6.07) is 8.62. The number of nitrogens with zero attached hydrogens (tertiary/aromatic N) is 2. The summed E-state index contributed by atoms with van der Waals surface area (Å²) in [5, 5.41) is 10.0. The van der Waals surface area contributed by atoms with Gasteiger partial charge >= 0.3 is 0 Å². The van der Waals surface area contributed by atoms with E-state index in [2.05, 4.69) is 0 Å². The molecule has 0 aromatic heterocycles. The van der Waals surface area contributed by atoms with Gasteiger partial charge in [-0.3, -0.25) is 9.63 Å². The van der Waals surface area contributed by atoms with Crippen molar-refractivity contribution in [3.63, 3.8) is 0 Å². The molecule has 0 N–H and O–H groups in total. The summed E-state index contributed by atoms with van der Waals surface area (Å²) >= 11 is 0. The second-order valence-corrected chi connectivity index (χ2v) is 3.29. The van der Waals surface area contributed by atoms with Crippen LogP contribution in [0.25, 0.3) is 0 Å². The summed E-state index contributed by atoms with van der Waals surface area (Å²) in [5.74, 6) is -0.176. The quantitative estimate of drug-likeness (QED) is 0.690. The van der Waals surface area contributed by atoms with Gasteiger partial charge in [-0.1, -0.05) is 6.07 Å². The highest BCUT2D eigenvalue weighted by molar-refractivity contribution is 5.93. The van der Waals surface area contributed by atoms with Crippen LogP contribution >= 0.6 is 0 Å². The largest absolute Gasteiger partial charge is 0.277 e. The normalized spacial score (nSPS) is 15.0. The maximum absolute atomic E-state index is 11.8. The predicted octanol–water partition coefficient (Wildman–Crippen LogP) is 1.34. The molecule has 0 atom stereocenters. The van der Waals surface area contributed by atoms with Crippen LogP contribution in [0.3, 0.4) is 0 Å². The highest BCUT2D eigenvalue weighted by Gasteiger charge is 2.20. The molecule has 0 bridgehead atoms. The highest BCUT2D eigenvalue weighted by atomic mass is 16.7. The fraction of sp³-hybridized carbons (Fsp3) is 0.273. The SMILES string of the molecule is N#Cc1cccc(C(=O)N2CCCO2)c1. The molecule has 0 aliphatic carbocycles. The van der Waals surface area contributed by atoms with Gasteiger partial charge in [0.25, 0.3) is 5.91 Å². The Morgan fingerprint density at radius 3 is 3.07 bits per heavy atom. The average molecular weight is 202 g/mol. The van der Waals surface area contributed by atoms with Crippen LogP contribution in [0.5, 0.6) is 0 Å². The lowest BCUT2D eigenvalue weighted by molar-refractivity contribution is -0.0768. The molecule has 1 aliphatic rings. The van der Waals surface area contributed by atoms with Gasteiger partial charge in [0.15, 0.2) is 0 Å². The number of amides is 1. The van der Waals surface area contributed by atoms with E-state index in [1.807, 2.05) is 6.07 Å². The van der Waals surface area contributed by atoms with E-state index in [0.717, 1.165) is 6.42 Å². The first kappa shape index (κ1) is 9.69. The minimum Gasteiger partial charge on any atom is -0.271 e. The standard InChI is InChI=1S/C11H10N2O2/c12-8-9-3-1-4-10(7-9)11(14)13-5-2-6-15-13/h1,3-4,7H,2,5-6H2. The van der Waals surface area contributed by atoms with Crippen LogP contribution in [0.4, 0.5) is 0 Å². The minimum absolute atomic E-state index is 0.176. The lowest BCUT2D eigenvalue weighted by Crippen LogP contribution is -2.26. The minimum atomic E-state index is -0.176. The summed E-state index contributed by atoms with van der Waals surface area (Å²) < 4.78 is 0. The summed E-state index contributed by atoms with van der Waals surface area (Å²) in [5.41, 5.74) is 0.982. The van der Waals surface area contributed by atoms with Crippen LogP contribution in [0.2, 0.25) is 0 Å². The van der Waals surface area contributed by atoms with Crippen molar-refractivity contribution in [3.8, 4) is 6.07 Å². The first-order valence-corrected chi connectivity index (χ1v) is 4.76. The molecule has 4 nitrogen and oxygen atoms in total. The van der Waals surface area contributed by atoms with Crippen LogP contribution < -0.4 is 0 Å². The molecule has 0 radical (unpaired) electrons. The van der Waals surface area contributed by atoms with Crippen LogP contribution in [-0.2, 0) is 4.84 Å². The molecule has 1 heterocycles. The molecule has 1 amide bonds. The van der Waals surface area contributed by atoms with E-state index in [1.165, 1.54) is 5.06 Å². The molecule has 0 spiro atoms. The molecule has 0 saturated carbocycles. The van der Waals surface area contributed by atoms with Crippen molar-refractivity contribution in [2.24, 2.45) is 0 Å². The zero-order valence-corrected chi connectivity index (χ0v) is 8.14. The monoisotopic (exact) mass is 202 g/mol. The van der Waals surface area contributed by atoms with Gasteiger partial charge in [0.05, 0.1) is 24.8 Å². The fourth-order valence-electron chi connectivity index (χ4n) is 1.47. The summed E-state index contributed by atoms with van der Waals surface area (Å²) in [7, 11) is 0. The first-order valence-electron chi connectivity index (χ1n) is 4.76. The van der Waals surface area contributed by atoms with Gasteiger partial charge in [-0.2, -0.15) is 5.26 Å². The van der Waals surface area contributed by atoms with E-state index < -0.39 is 0 Å². The first-order chi connectivity index (χ1) is 7.31. The Bertz CT molecular complexity index is 417. The lowest BCUT2D eigenvalue weighted by Gasteiger charge is -2.13. The van der Waals surface area contributed by atoms with Crippen molar-refractivity contribution in [2.45, 2.75) is 6.42 Å². The smallest absolute Gasteiger partial charge is 0.271 e. The van der Waals surface area contributed by atoms with Crippen molar-refractivity contribution in [2.75, 3.05) is 13.2 Å². The van der Waals surface area contributed by atoms with E-state index >= 15 is 0 Å². The number of hydroxylamine groups is 2. The van der Waals surface area contributed by atoms with Crippen molar-refractivity contribution < 1.29 is 9.63 Å². The van der Waals surface area contributed by atoms with E-state index in [-0.39, 0.29) is 5.91 Å². The van der Waals surface area contributed by atoms with Gasteiger partial charge < -0.3 is 0 Å². The van der Waals surface area contributed by atoms with E-state index in [1.54, 1.807) is 24.3 Å². The van der Waals surface area contributed by atoms with Crippen LogP contribution in [0, 0.1) is 11.3 Å². The molecule has 15 heavy (non-hydrogen) atoms. The molecule has 0 unspecified atom stereocenters. The third-order valence-electron chi connectivity index (χ3n) is 2.22. The van der Waals surface area contributed by atoms with Gasteiger partial charge in [0.2, 0.25) is 0 Å². The zero-order chi connectivity index (χ0) is 10.7. The Morgan fingerprint density at radius 2 is 2.40 bits per heavy atom. The third kappa shape index (κ3) is 1.97. The molecule has 1 saturated heterocycles. The zero-order valence-electron chi connectivity index (χ0n) is 8.14. The number of nitriles is 1. The Balaban J connectivity index is 2.21. The average Bonchev–Trinajstić information content (AvgIpc) is 2.81. The van der Waals surface area contributed by atoms with Gasteiger partial charge in [0, 0.05) is 5.56 Å². The predicted molar refractivity (Wildman–Crippen MR) is 52.8 cm³/mol. The number of hydrogen-bond acceptors (Lipinski definition) is 3. The van der Waals surface area contributed by atoms with Crippen LogP contribution in [-0.4, -0.2) is 24.1 Å². The number of benzene rings is 1. The second-order valence-electron chi connectivity index (χ2n) is 3.29. The highest BCUT2D eigenvalue weighted by Crippen LogP contribution is 2.12. The maximum atomic E-state index is 11.8. The van der Waals surface area contributed by atoms with Gasteiger partial charge in [-0.05, 0) is 24.6 Å². The summed E-state index contributed by atoms with van der Waals surface area (Å²) in [6.45, 7) is 1.21. The van der Waals surface area contributed by atoms with E-state index in [9.17, 15) is 4.79 Å². The molecular formula is C11H10N2O2. The molecule has 1 aromatic rings. The second kappa shape index (κ2) is 4.11. The summed E-state index contributed by atoms with van der Waals surface area (Å²) in [4.78, 5) is 17.0. The van der Waals surface area contributed by atoms with E-state index in [4.69, 9.17) is 10.1 Å². The Hall–Kier alpha value is -1.86. The van der Waals surface area contributed by atoms with Crippen molar-refractivity contribution in [1.82, 2.24) is 5.06 Å². The fourth-order valence-corrected chi connectivity index (χ4v) is 1.47. The third-order valence-corrected chi connectivity index (χ3v) is 2.22. The molecule has 1 fully saturated rings. The molecule has 1 aliphatic heterocycles. The van der Waals surface area contributed by atoms with Crippen molar-refractivity contribution in [1.29, 1.82) is 5.26 Å². The summed E-state index contributed by atoms with van der Waals surface area (Å²) in [6.07, 6.45) is 0.865. The van der Waals surface area contributed by atoms with Crippen molar-refractivity contribution in [3.05, 3.63) is 35.4 Å². The molecule has 4 heteroatoms.